The lowest BCUT2D eigenvalue weighted by Gasteiger charge is -2.27. The largest absolute Gasteiger partial charge is 0.378 e. The summed E-state index contributed by atoms with van der Waals surface area (Å²) in [5, 5.41) is 22.1. The molecule has 1 unspecified atom stereocenters. The van der Waals surface area contributed by atoms with Gasteiger partial charge in [0.15, 0.2) is 0 Å². The number of carbonyl (C=O) groups excluding carboxylic acids is 2. The van der Waals surface area contributed by atoms with Crippen molar-refractivity contribution in [1.29, 1.82) is 0 Å². The molecule has 2 aromatic rings. The first-order valence-electron chi connectivity index (χ1n) is 7.97. The van der Waals surface area contributed by atoms with Crippen LogP contribution in [0.3, 0.4) is 0 Å². The molecule has 0 aromatic carbocycles. The Hall–Kier alpha value is -1.70. The van der Waals surface area contributed by atoms with Crippen molar-refractivity contribution in [2.75, 3.05) is 6.54 Å². The van der Waals surface area contributed by atoms with Gasteiger partial charge >= 0.3 is 11.8 Å². The van der Waals surface area contributed by atoms with E-state index >= 15 is 0 Å². The van der Waals surface area contributed by atoms with Gasteiger partial charge in [-0.25, -0.2) is 0 Å². The highest BCUT2D eigenvalue weighted by Crippen LogP contribution is 2.33. The zero-order valence-corrected chi connectivity index (χ0v) is 14.8. The molecular formula is C17H20N2O3S2. The molecule has 3 N–H and O–H groups in total. The van der Waals surface area contributed by atoms with Crippen molar-refractivity contribution < 1.29 is 14.7 Å². The van der Waals surface area contributed by atoms with Gasteiger partial charge in [0, 0.05) is 16.5 Å². The molecule has 0 bridgehead atoms. The van der Waals surface area contributed by atoms with Crippen LogP contribution in [-0.4, -0.2) is 29.5 Å². The standard InChI is InChI=1S/C17H20N2O3S2/c20-15(16(21)19-13-4-1-2-5-13)18-11-17(22,12-7-9-23-10-12)14-6-3-8-24-14/h3,6-10,13,22H,1-2,4-5,11H2,(H,18,20)(H,19,21). The molecular weight excluding hydrogens is 344 g/mol. The Labute approximate surface area is 148 Å². The van der Waals surface area contributed by atoms with Crippen LogP contribution in [0.25, 0.3) is 0 Å². The highest BCUT2D eigenvalue weighted by Gasteiger charge is 2.34. The SMILES string of the molecule is O=C(NCC(O)(c1ccsc1)c1cccs1)C(=O)NC1CCCC1. The van der Waals surface area contributed by atoms with Crippen LogP contribution in [-0.2, 0) is 15.2 Å². The Morgan fingerprint density at radius 2 is 2.00 bits per heavy atom. The molecule has 2 heterocycles. The van der Waals surface area contributed by atoms with Gasteiger partial charge < -0.3 is 15.7 Å². The lowest BCUT2D eigenvalue weighted by molar-refractivity contribution is -0.140. The van der Waals surface area contributed by atoms with Crippen molar-refractivity contribution in [2.24, 2.45) is 0 Å². The van der Waals surface area contributed by atoms with E-state index in [9.17, 15) is 14.7 Å². The highest BCUT2D eigenvalue weighted by molar-refractivity contribution is 7.10. The molecule has 2 amide bonds. The summed E-state index contributed by atoms with van der Waals surface area (Å²) in [6.45, 7) is -0.0405. The Morgan fingerprint density at radius 1 is 1.21 bits per heavy atom. The Morgan fingerprint density at radius 3 is 2.62 bits per heavy atom. The van der Waals surface area contributed by atoms with Gasteiger partial charge in [-0.2, -0.15) is 11.3 Å². The zero-order valence-electron chi connectivity index (χ0n) is 13.2. The second-order valence-electron chi connectivity index (χ2n) is 5.99. The smallest absolute Gasteiger partial charge is 0.309 e. The molecule has 1 aliphatic carbocycles. The van der Waals surface area contributed by atoms with E-state index < -0.39 is 17.4 Å². The van der Waals surface area contributed by atoms with E-state index in [2.05, 4.69) is 10.6 Å². The van der Waals surface area contributed by atoms with Crippen LogP contribution in [0.1, 0.15) is 36.1 Å². The molecule has 1 saturated carbocycles. The Kier molecular flexibility index (Phi) is 5.33. The maximum atomic E-state index is 12.1. The number of amides is 2. The van der Waals surface area contributed by atoms with Crippen LogP contribution in [0.15, 0.2) is 34.3 Å². The normalized spacial score (nSPS) is 17.4. The third kappa shape index (κ3) is 3.68. The zero-order chi connectivity index (χ0) is 17.0. The van der Waals surface area contributed by atoms with Crippen LogP contribution in [0.2, 0.25) is 0 Å². The summed E-state index contributed by atoms with van der Waals surface area (Å²) in [4.78, 5) is 24.8. The maximum absolute atomic E-state index is 12.1. The third-order valence-electron chi connectivity index (χ3n) is 4.33. The van der Waals surface area contributed by atoms with E-state index in [0.29, 0.717) is 5.56 Å². The number of aliphatic hydroxyl groups is 1. The highest BCUT2D eigenvalue weighted by atomic mass is 32.1. The first-order valence-corrected chi connectivity index (χ1v) is 9.79. The fraction of sp³-hybridized carbons (Fsp3) is 0.412. The average molecular weight is 364 g/mol. The molecule has 5 nitrogen and oxygen atoms in total. The number of thiophene rings is 2. The first kappa shape index (κ1) is 17.1. The molecule has 1 atom stereocenters. The van der Waals surface area contributed by atoms with Crippen LogP contribution >= 0.6 is 22.7 Å². The molecule has 1 fully saturated rings. The fourth-order valence-electron chi connectivity index (χ4n) is 2.95. The predicted octanol–water partition coefficient (Wildman–Crippen LogP) is 2.22. The number of rotatable bonds is 5. The van der Waals surface area contributed by atoms with Gasteiger partial charge in [-0.05, 0) is 41.1 Å². The molecule has 0 spiro atoms. The van der Waals surface area contributed by atoms with Gasteiger partial charge in [-0.3, -0.25) is 9.59 Å². The molecule has 7 heteroatoms. The van der Waals surface area contributed by atoms with Gasteiger partial charge in [-0.1, -0.05) is 18.9 Å². The van der Waals surface area contributed by atoms with Gasteiger partial charge in [-0.15, -0.1) is 11.3 Å². The van der Waals surface area contributed by atoms with E-state index in [1.54, 1.807) is 0 Å². The van der Waals surface area contributed by atoms with E-state index in [1.165, 1.54) is 22.7 Å². The first-order chi connectivity index (χ1) is 11.6. The summed E-state index contributed by atoms with van der Waals surface area (Å²) in [6.07, 6.45) is 4.02. The molecule has 0 saturated heterocycles. The minimum Gasteiger partial charge on any atom is -0.378 e. The molecule has 0 aliphatic heterocycles. The van der Waals surface area contributed by atoms with Gasteiger partial charge in [0.25, 0.3) is 0 Å². The number of hydrogen-bond acceptors (Lipinski definition) is 5. The van der Waals surface area contributed by atoms with Gasteiger partial charge in [0.1, 0.15) is 5.60 Å². The van der Waals surface area contributed by atoms with Crippen molar-refractivity contribution in [3.05, 3.63) is 44.8 Å². The Bertz CT molecular complexity index is 643. The topological polar surface area (TPSA) is 78.4 Å². The average Bonchev–Trinajstić information content (AvgIpc) is 3.35. The molecule has 2 aromatic heterocycles. The summed E-state index contributed by atoms with van der Waals surface area (Å²) >= 11 is 2.90. The lowest BCUT2D eigenvalue weighted by atomic mass is 9.94. The summed E-state index contributed by atoms with van der Waals surface area (Å²) in [5.74, 6) is -1.33. The second-order valence-corrected chi connectivity index (χ2v) is 7.71. The maximum Gasteiger partial charge on any atom is 0.309 e. The Balaban J connectivity index is 1.65. The molecule has 128 valence electrons. The molecule has 0 radical (unpaired) electrons. The van der Waals surface area contributed by atoms with Gasteiger partial charge in [0.2, 0.25) is 0 Å². The van der Waals surface area contributed by atoms with E-state index in [4.69, 9.17) is 0 Å². The summed E-state index contributed by atoms with van der Waals surface area (Å²) in [5.41, 5.74) is -0.608. The monoisotopic (exact) mass is 364 g/mol. The fourth-order valence-corrected chi connectivity index (χ4v) is 4.52. The third-order valence-corrected chi connectivity index (χ3v) is 6.03. The van der Waals surface area contributed by atoms with Crippen LogP contribution in [0.4, 0.5) is 0 Å². The van der Waals surface area contributed by atoms with Crippen LogP contribution < -0.4 is 10.6 Å². The van der Waals surface area contributed by atoms with Crippen molar-refractivity contribution in [3.8, 4) is 0 Å². The molecule has 3 rings (SSSR count). The van der Waals surface area contributed by atoms with Gasteiger partial charge in [0.05, 0.1) is 6.54 Å². The van der Waals surface area contributed by atoms with E-state index in [1.807, 2.05) is 34.3 Å². The molecule has 1 aliphatic rings. The number of hydrogen-bond donors (Lipinski definition) is 3. The van der Waals surface area contributed by atoms with Crippen molar-refractivity contribution >= 4 is 34.5 Å². The minimum atomic E-state index is -1.32. The van der Waals surface area contributed by atoms with Crippen molar-refractivity contribution in [2.45, 2.75) is 37.3 Å². The predicted molar refractivity (Wildman–Crippen MR) is 95.0 cm³/mol. The summed E-state index contributed by atoms with van der Waals surface area (Å²) in [7, 11) is 0. The van der Waals surface area contributed by atoms with E-state index in [-0.39, 0.29) is 12.6 Å². The van der Waals surface area contributed by atoms with Crippen molar-refractivity contribution in [1.82, 2.24) is 10.6 Å². The van der Waals surface area contributed by atoms with E-state index in [0.717, 1.165) is 30.6 Å². The summed E-state index contributed by atoms with van der Waals surface area (Å²) < 4.78 is 0. The van der Waals surface area contributed by atoms with Crippen molar-refractivity contribution in [3.63, 3.8) is 0 Å². The minimum absolute atomic E-state index is 0.0405. The van der Waals surface area contributed by atoms with Crippen LogP contribution in [0, 0.1) is 0 Å². The lowest BCUT2D eigenvalue weighted by Crippen LogP contribution is -2.48. The quantitative estimate of drug-likeness (QED) is 0.712. The number of nitrogens with one attached hydrogen (secondary N) is 2. The number of carbonyl (C=O) groups is 2. The summed E-state index contributed by atoms with van der Waals surface area (Å²) in [6, 6.07) is 5.60. The molecule has 24 heavy (non-hydrogen) atoms. The van der Waals surface area contributed by atoms with Crippen LogP contribution in [0.5, 0.6) is 0 Å². The second kappa shape index (κ2) is 7.46.